The number of likely N-dealkylation sites (tertiary alicyclic amines) is 1. The van der Waals surface area contributed by atoms with Crippen LogP contribution < -0.4 is 0 Å². The first kappa shape index (κ1) is 16.5. The van der Waals surface area contributed by atoms with Crippen LogP contribution in [-0.2, 0) is 9.47 Å². The number of nitrogens with zero attached hydrogens (tertiary/aromatic N) is 2. The summed E-state index contributed by atoms with van der Waals surface area (Å²) in [6, 6.07) is 2.01. The predicted molar refractivity (Wildman–Crippen MR) is 93.6 cm³/mol. The third-order valence-electron chi connectivity index (χ3n) is 5.56. The summed E-state index contributed by atoms with van der Waals surface area (Å²) in [5.74, 6) is 0.796. The Morgan fingerprint density at radius 3 is 2.79 bits per heavy atom. The van der Waals surface area contributed by atoms with Crippen molar-refractivity contribution in [2.75, 3.05) is 52.5 Å². The molecule has 4 rings (SSSR count). The van der Waals surface area contributed by atoms with Crippen LogP contribution in [0.1, 0.15) is 28.1 Å². The van der Waals surface area contributed by atoms with Gasteiger partial charge in [0.2, 0.25) is 0 Å². The summed E-state index contributed by atoms with van der Waals surface area (Å²) in [5.41, 5.74) is 1.02. The van der Waals surface area contributed by atoms with Crippen LogP contribution >= 0.6 is 11.3 Å². The molecular formula is C18H26N2O3S. The lowest BCUT2D eigenvalue weighted by Crippen LogP contribution is -2.66. The number of hydrogen-bond acceptors (Lipinski definition) is 5. The largest absolute Gasteiger partial charge is 0.379 e. The van der Waals surface area contributed by atoms with Crippen molar-refractivity contribution in [3.63, 3.8) is 0 Å². The van der Waals surface area contributed by atoms with E-state index in [2.05, 4.69) is 4.90 Å². The Labute approximate surface area is 147 Å². The van der Waals surface area contributed by atoms with E-state index in [9.17, 15) is 4.79 Å². The van der Waals surface area contributed by atoms with E-state index in [1.165, 1.54) is 6.42 Å². The lowest BCUT2D eigenvalue weighted by Gasteiger charge is -2.53. The summed E-state index contributed by atoms with van der Waals surface area (Å²) in [6.07, 6.45) is 2.28. The van der Waals surface area contributed by atoms with Crippen molar-refractivity contribution in [3.8, 4) is 0 Å². The Morgan fingerprint density at radius 1 is 1.38 bits per heavy atom. The highest BCUT2D eigenvalue weighted by molar-refractivity contribution is 7.12. The monoisotopic (exact) mass is 350 g/mol. The molecule has 0 aromatic carbocycles. The number of rotatable bonds is 3. The summed E-state index contributed by atoms with van der Waals surface area (Å²) in [7, 11) is 0. The average Bonchev–Trinajstić information content (AvgIpc) is 3.00. The molecule has 0 saturated carbocycles. The second-order valence-corrected chi connectivity index (χ2v) is 8.32. The van der Waals surface area contributed by atoms with E-state index in [0.29, 0.717) is 5.92 Å². The van der Waals surface area contributed by atoms with E-state index in [0.717, 1.165) is 69.4 Å². The smallest absolute Gasteiger partial charge is 0.264 e. The third kappa shape index (κ3) is 3.25. The van der Waals surface area contributed by atoms with Crippen LogP contribution in [0, 0.1) is 12.8 Å². The number of morpholine rings is 1. The van der Waals surface area contributed by atoms with Crippen LogP contribution in [-0.4, -0.2) is 73.9 Å². The van der Waals surface area contributed by atoms with Gasteiger partial charge < -0.3 is 14.4 Å². The Balaban J connectivity index is 1.25. The molecule has 1 spiro atoms. The Hall–Kier alpha value is -0.950. The van der Waals surface area contributed by atoms with E-state index in [1.807, 2.05) is 23.3 Å². The van der Waals surface area contributed by atoms with Gasteiger partial charge in [-0.3, -0.25) is 9.69 Å². The molecule has 0 bridgehead atoms. The number of amides is 1. The van der Waals surface area contributed by atoms with E-state index < -0.39 is 0 Å². The zero-order chi connectivity index (χ0) is 16.6. The van der Waals surface area contributed by atoms with Gasteiger partial charge in [0.05, 0.1) is 37.8 Å². The maximum atomic E-state index is 12.5. The standard InChI is InChI=1S/C18H26N2O3S/c1-14-3-9-24-16(14)17(21)20-12-18(13-20)4-2-15(11-23-18)10-19-5-7-22-8-6-19/h3,9,15H,2,4-8,10-13H2,1H3. The van der Waals surface area contributed by atoms with E-state index >= 15 is 0 Å². The number of carbonyl (C=O) groups excluding carboxylic acids is 1. The number of thiophene rings is 1. The summed E-state index contributed by atoms with van der Waals surface area (Å²) in [4.78, 5) is 17.8. The highest BCUT2D eigenvalue weighted by atomic mass is 32.1. The van der Waals surface area contributed by atoms with Gasteiger partial charge in [0.15, 0.2) is 0 Å². The molecule has 4 heterocycles. The maximum absolute atomic E-state index is 12.5. The Bertz CT molecular complexity index is 581. The van der Waals surface area contributed by atoms with Gasteiger partial charge >= 0.3 is 0 Å². The predicted octanol–water partition coefficient (Wildman–Crippen LogP) is 2.01. The fourth-order valence-electron chi connectivity index (χ4n) is 3.99. The molecule has 1 unspecified atom stereocenters. The van der Waals surface area contributed by atoms with Gasteiger partial charge in [-0.2, -0.15) is 0 Å². The van der Waals surface area contributed by atoms with Crippen molar-refractivity contribution < 1.29 is 14.3 Å². The SMILES string of the molecule is Cc1ccsc1C(=O)N1CC2(CCC(CN3CCOCC3)CO2)C1. The molecule has 1 amide bonds. The molecule has 1 aromatic heterocycles. The van der Waals surface area contributed by atoms with Gasteiger partial charge in [-0.25, -0.2) is 0 Å². The van der Waals surface area contributed by atoms with Crippen molar-refractivity contribution in [2.45, 2.75) is 25.4 Å². The summed E-state index contributed by atoms with van der Waals surface area (Å²) in [5, 5.41) is 1.99. The molecule has 0 radical (unpaired) electrons. The molecule has 0 N–H and O–H groups in total. The zero-order valence-corrected chi connectivity index (χ0v) is 15.1. The quantitative estimate of drug-likeness (QED) is 0.836. The van der Waals surface area contributed by atoms with Gasteiger partial charge in [-0.15, -0.1) is 11.3 Å². The minimum atomic E-state index is -0.0671. The normalized spacial score (nSPS) is 27.2. The first-order valence-corrected chi connectivity index (χ1v) is 9.81. The van der Waals surface area contributed by atoms with Crippen LogP contribution in [0.15, 0.2) is 11.4 Å². The minimum Gasteiger partial charge on any atom is -0.379 e. The summed E-state index contributed by atoms with van der Waals surface area (Å²) >= 11 is 1.54. The maximum Gasteiger partial charge on any atom is 0.264 e. The Morgan fingerprint density at radius 2 is 2.17 bits per heavy atom. The molecule has 6 heteroatoms. The average molecular weight is 350 g/mol. The van der Waals surface area contributed by atoms with E-state index in [1.54, 1.807) is 11.3 Å². The highest BCUT2D eigenvalue weighted by Gasteiger charge is 2.48. The number of hydrogen-bond donors (Lipinski definition) is 0. The van der Waals surface area contributed by atoms with Crippen LogP contribution in [0.4, 0.5) is 0 Å². The van der Waals surface area contributed by atoms with Crippen molar-refractivity contribution in [3.05, 3.63) is 21.9 Å². The second kappa shape index (κ2) is 6.75. The number of ether oxygens (including phenoxy) is 2. The fourth-order valence-corrected chi connectivity index (χ4v) is 4.88. The van der Waals surface area contributed by atoms with Crippen molar-refractivity contribution >= 4 is 17.2 Å². The molecule has 0 aliphatic carbocycles. The van der Waals surface area contributed by atoms with Gasteiger partial charge in [0.1, 0.15) is 5.60 Å². The van der Waals surface area contributed by atoms with Crippen molar-refractivity contribution in [2.24, 2.45) is 5.92 Å². The summed E-state index contributed by atoms with van der Waals surface area (Å²) < 4.78 is 11.6. The van der Waals surface area contributed by atoms with Gasteiger partial charge in [-0.1, -0.05) is 0 Å². The third-order valence-corrected chi connectivity index (χ3v) is 6.56. The first-order valence-electron chi connectivity index (χ1n) is 8.93. The Kier molecular flexibility index (Phi) is 4.64. The van der Waals surface area contributed by atoms with Crippen LogP contribution in [0.3, 0.4) is 0 Å². The van der Waals surface area contributed by atoms with Crippen molar-refractivity contribution in [1.82, 2.24) is 9.80 Å². The molecule has 24 heavy (non-hydrogen) atoms. The van der Waals surface area contributed by atoms with Gasteiger partial charge in [0, 0.05) is 19.6 Å². The molecule has 3 fully saturated rings. The molecule has 3 aliphatic heterocycles. The summed E-state index contributed by atoms with van der Waals surface area (Å²) in [6.45, 7) is 9.28. The topological polar surface area (TPSA) is 42.0 Å². The molecule has 3 aliphatic rings. The number of aryl methyl sites for hydroxylation is 1. The van der Waals surface area contributed by atoms with Crippen LogP contribution in [0.25, 0.3) is 0 Å². The highest BCUT2D eigenvalue weighted by Crippen LogP contribution is 2.37. The molecule has 3 saturated heterocycles. The fraction of sp³-hybridized carbons (Fsp3) is 0.722. The van der Waals surface area contributed by atoms with Gasteiger partial charge in [0.25, 0.3) is 5.91 Å². The minimum absolute atomic E-state index is 0.0671. The van der Waals surface area contributed by atoms with Gasteiger partial charge in [-0.05, 0) is 42.7 Å². The number of carbonyl (C=O) groups is 1. The van der Waals surface area contributed by atoms with E-state index in [4.69, 9.17) is 9.47 Å². The van der Waals surface area contributed by atoms with Crippen LogP contribution in [0.5, 0.6) is 0 Å². The van der Waals surface area contributed by atoms with Crippen LogP contribution in [0.2, 0.25) is 0 Å². The molecule has 5 nitrogen and oxygen atoms in total. The lowest BCUT2D eigenvalue weighted by atomic mass is 9.82. The van der Waals surface area contributed by atoms with Crippen molar-refractivity contribution in [1.29, 1.82) is 0 Å². The molecule has 1 atom stereocenters. The zero-order valence-electron chi connectivity index (χ0n) is 14.3. The van der Waals surface area contributed by atoms with E-state index in [-0.39, 0.29) is 11.5 Å². The second-order valence-electron chi connectivity index (χ2n) is 7.41. The molecular weight excluding hydrogens is 324 g/mol. The lowest BCUT2D eigenvalue weighted by molar-refractivity contribution is -0.169. The molecule has 1 aromatic rings. The molecule has 132 valence electrons. The first-order chi connectivity index (χ1) is 11.7.